The average molecular weight is 205 g/mol. The molecule has 0 bridgehead atoms. The number of hydrogen-bond donors (Lipinski definition) is 1. The van der Waals surface area contributed by atoms with Gasteiger partial charge in [-0.25, -0.2) is 0 Å². The highest BCUT2D eigenvalue weighted by molar-refractivity contribution is 5.33. The van der Waals surface area contributed by atoms with E-state index in [1.807, 2.05) is 26.0 Å². The minimum absolute atomic E-state index is 0.450. The first-order valence-corrected chi connectivity index (χ1v) is 5.75. The third-order valence-corrected chi connectivity index (χ3v) is 3.40. The van der Waals surface area contributed by atoms with Gasteiger partial charge in [0.2, 0.25) is 0 Å². The summed E-state index contributed by atoms with van der Waals surface area (Å²) in [6.07, 6.45) is 3.17. The van der Waals surface area contributed by atoms with Crippen LogP contribution < -0.4 is 0 Å². The van der Waals surface area contributed by atoms with Gasteiger partial charge in [0, 0.05) is 17.0 Å². The number of pyridine rings is 1. The van der Waals surface area contributed by atoms with Crippen LogP contribution in [0.4, 0.5) is 0 Å². The Balaban J connectivity index is 2.24. The third-order valence-electron chi connectivity index (χ3n) is 3.40. The lowest BCUT2D eigenvalue weighted by Gasteiger charge is -2.13. The van der Waals surface area contributed by atoms with Gasteiger partial charge in [0.15, 0.2) is 0 Å². The molecule has 0 saturated heterocycles. The molecule has 2 unspecified atom stereocenters. The lowest BCUT2D eigenvalue weighted by Crippen LogP contribution is -2.12. The van der Waals surface area contributed by atoms with Crippen LogP contribution in [0.15, 0.2) is 12.1 Å². The maximum atomic E-state index is 10.4. The fourth-order valence-electron chi connectivity index (χ4n) is 2.48. The number of hydrogen-bond acceptors (Lipinski definition) is 2. The van der Waals surface area contributed by atoms with Crippen molar-refractivity contribution in [2.24, 2.45) is 5.92 Å². The molecule has 82 valence electrons. The summed E-state index contributed by atoms with van der Waals surface area (Å²) in [5.74, 6) is 0.450. The Labute approximate surface area is 91.4 Å². The molecule has 0 aliphatic heterocycles. The summed E-state index contributed by atoms with van der Waals surface area (Å²) in [5.41, 5.74) is 2.47. The van der Waals surface area contributed by atoms with E-state index in [1.54, 1.807) is 0 Å². The maximum absolute atomic E-state index is 10.4. The fraction of sp³-hybridized carbons (Fsp3) is 0.615. The van der Waals surface area contributed by atoms with E-state index in [2.05, 4.69) is 11.9 Å². The molecule has 1 aliphatic rings. The van der Waals surface area contributed by atoms with Crippen LogP contribution in [0.25, 0.3) is 0 Å². The van der Waals surface area contributed by atoms with Gasteiger partial charge in [-0.15, -0.1) is 0 Å². The minimum atomic E-state index is -0.569. The molecule has 2 rings (SSSR count). The van der Waals surface area contributed by atoms with E-state index < -0.39 is 5.60 Å². The van der Waals surface area contributed by atoms with Gasteiger partial charge in [0.05, 0.1) is 5.60 Å². The monoisotopic (exact) mass is 205 g/mol. The normalized spacial score (nSPS) is 29.2. The Morgan fingerprint density at radius 2 is 2.20 bits per heavy atom. The summed E-state index contributed by atoms with van der Waals surface area (Å²) < 4.78 is 0. The van der Waals surface area contributed by atoms with Gasteiger partial charge in [0.1, 0.15) is 0 Å². The van der Waals surface area contributed by atoms with E-state index in [9.17, 15) is 5.11 Å². The lowest BCUT2D eigenvalue weighted by atomic mass is 10.0. The Morgan fingerprint density at radius 1 is 1.47 bits per heavy atom. The summed E-state index contributed by atoms with van der Waals surface area (Å²) >= 11 is 0. The van der Waals surface area contributed by atoms with E-state index >= 15 is 0 Å². The van der Waals surface area contributed by atoms with Crippen LogP contribution in [0.2, 0.25) is 0 Å². The van der Waals surface area contributed by atoms with Crippen LogP contribution in [0.3, 0.4) is 0 Å². The lowest BCUT2D eigenvalue weighted by molar-refractivity contribution is 0.128. The SMILES string of the molecule is CCCC1CC1(O)c1ccc(C)nc1C. The molecule has 1 saturated carbocycles. The second kappa shape index (κ2) is 3.60. The van der Waals surface area contributed by atoms with Gasteiger partial charge < -0.3 is 5.11 Å². The first kappa shape index (κ1) is 10.6. The van der Waals surface area contributed by atoms with Crippen molar-refractivity contribution in [3.63, 3.8) is 0 Å². The molecular formula is C13H19NO. The molecular weight excluding hydrogens is 186 g/mol. The third kappa shape index (κ3) is 1.78. The molecule has 0 spiro atoms. The second-order valence-electron chi connectivity index (χ2n) is 4.70. The minimum Gasteiger partial charge on any atom is -0.385 e. The van der Waals surface area contributed by atoms with Crippen molar-refractivity contribution in [2.45, 2.75) is 45.6 Å². The Bertz CT molecular complexity index is 375. The van der Waals surface area contributed by atoms with Gasteiger partial charge in [-0.2, -0.15) is 0 Å². The molecule has 1 fully saturated rings. The first-order valence-electron chi connectivity index (χ1n) is 5.75. The molecule has 0 amide bonds. The number of aromatic nitrogens is 1. The average Bonchev–Trinajstić information content (AvgIpc) is 2.78. The molecule has 1 aromatic heterocycles. The highest BCUT2D eigenvalue weighted by atomic mass is 16.3. The van der Waals surface area contributed by atoms with Crippen LogP contribution in [0, 0.1) is 19.8 Å². The van der Waals surface area contributed by atoms with Gasteiger partial charge in [-0.05, 0) is 38.7 Å². The van der Waals surface area contributed by atoms with E-state index in [-0.39, 0.29) is 0 Å². The Hall–Kier alpha value is -0.890. The van der Waals surface area contributed by atoms with Gasteiger partial charge in [-0.1, -0.05) is 19.4 Å². The smallest absolute Gasteiger partial charge is 0.0947 e. The van der Waals surface area contributed by atoms with Gasteiger partial charge in [0.25, 0.3) is 0 Å². The van der Waals surface area contributed by atoms with E-state index in [0.29, 0.717) is 5.92 Å². The van der Waals surface area contributed by atoms with Crippen molar-refractivity contribution in [3.8, 4) is 0 Å². The van der Waals surface area contributed by atoms with E-state index in [0.717, 1.165) is 36.2 Å². The van der Waals surface area contributed by atoms with Crippen molar-refractivity contribution in [2.75, 3.05) is 0 Å². The highest BCUT2D eigenvalue weighted by Gasteiger charge is 2.54. The van der Waals surface area contributed by atoms with E-state index in [4.69, 9.17) is 0 Å². The second-order valence-corrected chi connectivity index (χ2v) is 4.70. The predicted octanol–water partition coefficient (Wildman–Crippen LogP) is 2.71. The van der Waals surface area contributed by atoms with Crippen LogP contribution in [-0.4, -0.2) is 10.1 Å². The van der Waals surface area contributed by atoms with Crippen molar-refractivity contribution in [3.05, 3.63) is 29.1 Å². The van der Waals surface area contributed by atoms with Crippen molar-refractivity contribution < 1.29 is 5.11 Å². The molecule has 2 nitrogen and oxygen atoms in total. The largest absolute Gasteiger partial charge is 0.385 e. The molecule has 2 heteroatoms. The molecule has 0 radical (unpaired) electrons. The summed E-state index contributed by atoms with van der Waals surface area (Å²) in [6, 6.07) is 4.02. The number of aliphatic hydroxyl groups is 1. The van der Waals surface area contributed by atoms with Crippen LogP contribution in [0.5, 0.6) is 0 Å². The van der Waals surface area contributed by atoms with Crippen molar-refractivity contribution in [1.29, 1.82) is 0 Å². The number of nitrogens with zero attached hydrogens (tertiary/aromatic N) is 1. The highest BCUT2D eigenvalue weighted by Crippen LogP contribution is 2.54. The Kier molecular flexibility index (Phi) is 2.55. The summed E-state index contributed by atoms with van der Waals surface area (Å²) in [4.78, 5) is 4.41. The molecule has 1 aliphatic carbocycles. The molecule has 2 atom stereocenters. The molecule has 1 N–H and O–H groups in total. The Morgan fingerprint density at radius 3 is 2.80 bits per heavy atom. The number of rotatable bonds is 3. The van der Waals surface area contributed by atoms with Crippen LogP contribution in [0.1, 0.15) is 43.1 Å². The zero-order chi connectivity index (χ0) is 11.1. The molecule has 1 heterocycles. The van der Waals surface area contributed by atoms with Crippen molar-refractivity contribution >= 4 is 0 Å². The predicted molar refractivity (Wildman–Crippen MR) is 60.6 cm³/mol. The maximum Gasteiger partial charge on any atom is 0.0947 e. The zero-order valence-corrected chi connectivity index (χ0v) is 9.75. The summed E-state index contributed by atoms with van der Waals surface area (Å²) in [6.45, 7) is 6.14. The fourth-order valence-corrected chi connectivity index (χ4v) is 2.48. The quantitative estimate of drug-likeness (QED) is 0.823. The topological polar surface area (TPSA) is 33.1 Å². The molecule has 1 aromatic rings. The first-order chi connectivity index (χ1) is 7.08. The summed E-state index contributed by atoms with van der Waals surface area (Å²) in [7, 11) is 0. The van der Waals surface area contributed by atoms with Crippen LogP contribution >= 0.6 is 0 Å². The molecule has 0 aromatic carbocycles. The molecule has 15 heavy (non-hydrogen) atoms. The van der Waals surface area contributed by atoms with E-state index in [1.165, 1.54) is 0 Å². The van der Waals surface area contributed by atoms with Crippen LogP contribution in [-0.2, 0) is 5.60 Å². The summed E-state index contributed by atoms with van der Waals surface area (Å²) in [5, 5.41) is 10.4. The van der Waals surface area contributed by atoms with Gasteiger partial charge in [-0.3, -0.25) is 4.98 Å². The number of aryl methyl sites for hydroxylation is 2. The van der Waals surface area contributed by atoms with Gasteiger partial charge >= 0.3 is 0 Å². The zero-order valence-electron chi connectivity index (χ0n) is 9.75. The van der Waals surface area contributed by atoms with Crippen molar-refractivity contribution in [1.82, 2.24) is 4.98 Å². The standard InChI is InChI=1S/C13H19NO/c1-4-5-11-8-13(11,15)12-7-6-9(2)14-10(12)3/h6-7,11,15H,4-5,8H2,1-3H3.